The maximum absolute atomic E-state index is 12.9. The number of hydrogen-bond donors (Lipinski definition) is 1. The number of rotatable bonds is 24. The van der Waals surface area contributed by atoms with E-state index in [0.717, 1.165) is 32.4 Å². The molecule has 3 rings (SSSR count). The molecule has 1 aliphatic heterocycles. The van der Waals surface area contributed by atoms with Crippen LogP contribution in [0.4, 0.5) is 4.79 Å². The molecule has 8 nitrogen and oxygen atoms in total. The van der Waals surface area contributed by atoms with Crippen molar-refractivity contribution in [1.29, 1.82) is 0 Å². The quantitative estimate of drug-likeness (QED) is 0.0563. The van der Waals surface area contributed by atoms with Crippen LogP contribution in [0.2, 0.25) is 0 Å². The first-order chi connectivity index (χ1) is 22.1. The number of alkyl carbamates (subject to hydrolysis) is 1. The van der Waals surface area contributed by atoms with Crippen LogP contribution < -0.4 is 26.5 Å². The zero-order valence-corrected chi connectivity index (χ0v) is 31.3. The van der Waals surface area contributed by atoms with Gasteiger partial charge in [0.25, 0.3) is 0 Å². The molecular weight excluding hydrogens is 695 g/mol. The van der Waals surface area contributed by atoms with Crippen LogP contribution in [0.3, 0.4) is 0 Å². The number of ether oxygens (including phenoxy) is 3. The van der Waals surface area contributed by atoms with Gasteiger partial charge in [-0.25, -0.2) is 0 Å². The predicted molar refractivity (Wildman–Crippen MR) is 178 cm³/mol. The van der Waals surface area contributed by atoms with Crippen molar-refractivity contribution in [3.8, 4) is 0 Å². The number of carbonyl (C=O) groups excluding carboxylic acids is 3. The summed E-state index contributed by atoms with van der Waals surface area (Å²) in [5, 5.41) is 2.83. The first kappa shape index (κ1) is 38.6. The molecule has 4 atom stereocenters. The molecule has 1 heterocycles. The van der Waals surface area contributed by atoms with Crippen molar-refractivity contribution in [2.24, 2.45) is 11.3 Å². The zero-order chi connectivity index (χ0) is 33.5. The van der Waals surface area contributed by atoms with Gasteiger partial charge in [-0.1, -0.05) is 88.6 Å². The Hall–Kier alpha value is -1.88. The summed E-state index contributed by atoms with van der Waals surface area (Å²) in [6, 6.07) is 10.7. The van der Waals surface area contributed by atoms with Crippen LogP contribution in [0.5, 0.6) is 0 Å². The number of unbranched alkanes of at least 4 members (excludes halogenated alkanes) is 8. The van der Waals surface area contributed by atoms with Crippen LogP contribution in [0.25, 0.3) is 0 Å². The number of nitrogens with one attached hydrogen (secondary N) is 1. The Kier molecular flexibility index (Phi) is 16.1. The van der Waals surface area contributed by atoms with Gasteiger partial charge in [-0.15, -0.1) is 0 Å². The number of esters is 2. The number of hydrogen-bond acceptors (Lipinski definition) is 7. The topological polar surface area (TPSA) is 94.2 Å². The van der Waals surface area contributed by atoms with Crippen molar-refractivity contribution in [1.82, 2.24) is 10.2 Å². The fourth-order valence-electron chi connectivity index (χ4n) is 6.57. The van der Waals surface area contributed by atoms with Crippen molar-refractivity contribution < 1.29 is 49.8 Å². The van der Waals surface area contributed by atoms with Gasteiger partial charge in [0.1, 0.15) is 0 Å². The second kappa shape index (κ2) is 19.2. The van der Waals surface area contributed by atoms with Gasteiger partial charge in [0.2, 0.25) is 0 Å². The summed E-state index contributed by atoms with van der Waals surface area (Å²) in [6.45, 7) is 10.8. The van der Waals surface area contributed by atoms with Crippen molar-refractivity contribution in [3.05, 3.63) is 35.9 Å². The molecule has 1 saturated heterocycles. The second-order valence-corrected chi connectivity index (χ2v) is 18.2. The summed E-state index contributed by atoms with van der Waals surface area (Å²) in [6.07, 6.45) is 14.9. The van der Waals surface area contributed by atoms with Crippen LogP contribution in [-0.4, -0.2) is 76.3 Å². The van der Waals surface area contributed by atoms with E-state index in [1.807, 2.05) is 13.8 Å². The molecule has 2 aliphatic rings. The van der Waals surface area contributed by atoms with Crippen molar-refractivity contribution >= 4 is 18.0 Å². The summed E-state index contributed by atoms with van der Waals surface area (Å²) in [5.41, 5.74) is 0.812. The molecule has 1 amide bonds. The van der Waals surface area contributed by atoms with Crippen molar-refractivity contribution in [2.75, 3.05) is 46.5 Å². The predicted octanol–water partition coefficient (Wildman–Crippen LogP) is 3.93. The Morgan fingerprint density at radius 1 is 0.848 bits per heavy atom. The van der Waals surface area contributed by atoms with E-state index in [9.17, 15) is 14.4 Å². The Labute approximate surface area is 288 Å². The molecule has 2 fully saturated rings. The molecule has 1 aromatic carbocycles. The van der Waals surface area contributed by atoms with E-state index in [2.05, 4.69) is 61.4 Å². The van der Waals surface area contributed by atoms with Crippen LogP contribution >= 0.6 is 0 Å². The molecule has 46 heavy (non-hydrogen) atoms. The average Bonchev–Trinajstić information content (AvgIpc) is 3.87. The van der Waals surface area contributed by atoms with Gasteiger partial charge in [0.15, 0.2) is 0 Å². The summed E-state index contributed by atoms with van der Waals surface area (Å²) in [5.74, 6) is 0.107. The van der Waals surface area contributed by atoms with E-state index < -0.39 is 36.1 Å². The third-order valence-electron chi connectivity index (χ3n) is 9.69. The summed E-state index contributed by atoms with van der Waals surface area (Å²) in [7, 11) is 2.11. The van der Waals surface area contributed by atoms with Gasteiger partial charge in [0, 0.05) is 0 Å². The van der Waals surface area contributed by atoms with E-state index >= 15 is 0 Å². The summed E-state index contributed by atoms with van der Waals surface area (Å²) >= 11 is -0.509. The van der Waals surface area contributed by atoms with E-state index in [1.165, 1.54) is 63.4 Å². The van der Waals surface area contributed by atoms with E-state index in [4.69, 9.17) is 14.2 Å². The van der Waals surface area contributed by atoms with E-state index in [-0.39, 0.29) is 28.6 Å². The number of likely N-dealkylation sites (N-methyl/N-ethyl adjacent to an activating group) is 1. The zero-order valence-electron chi connectivity index (χ0n) is 29.2. The second-order valence-electron chi connectivity index (χ2n) is 13.7. The number of amides is 1. The molecule has 4 unspecified atom stereocenters. The molecule has 1 N–H and O–H groups in total. The molecular formula is C37H60IN2O6-. The van der Waals surface area contributed by atoms with Crippen molar-refractivity contribution in [2.45, 2.75) is 118 Å². The van der Waals surface area contributed by atoms with Crippen LogP contribution in [0, 0.1) is 11.3 Å². The molecule has 1 aromatic rings. The van der Waals surface area contributed by atoms with Gasteiger partial charge in [-0.2, -0.15) is 0 Å². The minimum atomic E-state index is -0.579. The molecule has 0 bridgehead atoms. The van der Waals surface area contributed by atoms with E-state index in [1.54, 1.807) is 0 Å². The average molecular weight is 756 g/mol. The number of alkyl halides is 2. The van der Waals surface area contributed by atoms with Crippen LogP contribution in [0.1, 0.15) is 110 Å². The molecule has 9 heteroatoms. The first-order valence-electron chi connectivity index (χ1n) is 17.8. The third-order valence-corrected chi connectivity index (χ3v) is 15.2. The van der Waals surface area contributed by atoms with Crippen LogP contribution in [-0.2, 0) is 30.2 Å². The van der Waals surface area contributed by atoms with Gasteiger partial charge in [0.05, 0.1) is 0 Å². The molecule has 1 spiro atoms. The summed E-state index contributed by atoms with van der Waals surface area (Å²) < 4.78 is 15.4. The van der Waals surface area contributed by atoms with E-state index in [0.29, 0.717) is 25.5 Å². The molecule has 1 saturated carbocycles. The number of benzene rings is 1. The first-order valence-corrected chi connectivity index (χ1v) is 19.9. The fourth-order valence-corrected chi connectivity index (χ4v) is 11.4. The van der Waals surface area contributed by atoms with Gasteiger partial charge in [-0.05, 0) is 24.3 Å². The van der Waals surface area contributed by atoms with Gasteiger partial charge >= 0.3 is 177 Å². The fraction of sp³-hybridized carbons (Fsp3) is 0.757. The normalized spacial score (nSPS) is 23.8. The molecule has 262 valence electrons. The van der Waals surface area contributed by atoms with Crippen molar-refractivity contribution in [3.63, 3.8) is 0 Å². The maximum atomic E-state index is 12.9. The SMILES string of the molecule is CCCCCCCCCCC(Cc1ccccc1)CN(C)CCNC(=O)OCCOC(=O)C1(C)[I-]C12CC2(C)C(=O)OCCCC. The third kappa shape index (κ3) is 11.1. The molecule has 0 radical (unpaired) electrons. The number of carbonyl (C=O) groups is 3. The Morgan fingerprint density at radius 3 is 2.17 bits per heavy atom. The Balaban J connectivity index is 1.29. The molecule has 0 aromatic heterocycles. The Morgan fingerprint density at radius 2 is 1.48 bits per heavy atom. The number of halogens is 1. The number of nitrogens with zero attached hydrogens (tertiary/aromatic N) is 1. The Bertz CT molecular complexity index is 1090. The molecule has 1 aliphatic carbocycles. The van der Waals surface area contributed by atoms with Gasteiger partial charge in [-0.3, -0.25) is 0 Å². The summed E-state index contributed by atoms with van der Waals surface area (Å²) in [4.78, 5) is 40.1. The monoisotopic (exact) mass is 755 g/mol. The van der Waals surface area contributed by atoms with Crippen LogP contribution in [0.15, 0.2) is 30.3 Å². The van der Waals surface area contributed by atoms with Gasteiger partial charge < -0.3 is 0 Å². The standard InChI is InChI=1S/C37H60IN2O6/c1-6-8-10-11-12-13-14-16-21-31(27-30-19-17-15-18-20-30)28-40(5)23-22-39-34(43)46-26-25-45-33(42)36(4)37(38-36)29-35(37,3)32(41)44-24-9-7-2/h15,17-20,31H,6-14,16,21-29H2,1-5H3,(H,39,43)/q-1. The minimum absolute atomic E-state index is 0.00287.